The van der Waals surface area contributed by atoms with Gasteiger partial charge in [0.15, 0.2) is 0 Å². The monoisotopic (exact) mass is 240 g/mol. The zero-order chi connectivity index (χ0) is 13.2. The maximum absolute atomic E-state index is 12.1. The van der Waals surface area contributed by atoms with E-state index in [2.05, 4.69) is 19.2 Å². The second-order valence-corrected chi connectivity index (χ2v) is 5.76. The number of nitrogens with one attached hydrogen (secondary N) is 1. The molecule has 0 aromatic rings. The molecule has 1 rings (SSSR count). The van der Waals surface area contributed by atoms with Crippen LogP contribution in [-0.2, 0) is 9.59 Å². The first-order chi connectivity index (χ1) is 7.82. The van der Waals surface area contributed by atoms with E-state index in [0.717, 1.165) is 12.8 Å². The van der Waals surface area contributed by atoms with Gasteiger partial charge in [0.05, 0.1) is 6.54 Å². The molecule has 0 radical (unpaired) electrons. The lowest BCUT2D eigenvalue weighted by Crippen LogP contribution is -2.65. The predicted molar refractivity (Wildman–Crippen MR) is 67.5 cm³/mol. The van der Waals surface area contributed by atoms with Gasteiger partial charge < -0.3 is 10.2 Å². The molecule has 0 saturated carbocycles. The van der Waals surface area contributed by atoms with Crippen LogP contribution in [0.25, 0.3) is 0 Å². The molecule has 1 aliphatic heterocycles. The largest absolute Gasteiger partial charge is 0.345 e. The van der Waals surface area contributed by atoms with Crippen molar-refractivity contribution in [3.8, 4) is 0 Å². The van der Waals surface area contributed by atoms with Gasteiger partial charge >= 0.3 is 0 Å². The molecule has 1 N–H and O–H groups in total. The van der Waals surface area contributed by atoms with E-state index in [1.807, 2.05) is 20.8 Å². The van der Waals surface area contributed by atoms with Gasteiger partial charge in [-0.25, -0.2) is 0 Å². The molecule has 1 unspecified atom stereocenters. The molecule has 1 fully saturated rings. The maximum atomic E-state index is 12.1. The lowest BCUT2D eigenvalue weighted by Gasteiger charge is -2.45. The Morgan fingerprint density at radius 2 is 1.82 bits per heavy atom. The Kier molecular flexibility index (Phi) is 4.17. The fraction of sp³-hybridized carbons (Fsp3) is 0.846. The van der Waals surface area contributed by atoms with Crippen LogP contribution in [-0.4, -0.2) is 35.3 Å². The van der Waals surface area contributed by atoms with E-state index >= 15 is 0 Å². The minimum atomic E-state index is -0.353. The number of nitrogens with zero attached hydrogens (tertiary/aromatic N) is 1. The summed E-state index contributed by atoms with van der Waals surface area (Å²) in [4.78, 5) is 25.9. The zero-order valence-corrected chi connectivity index (χ0v) is 11.5. The van der Waals surface area contributed by atoms with Crippen LogP contribution in [0.4, 0.5) is 0 Å². The number of hydrogen-bond acceptors (Lipinski definition) is 2. The smallest absolute Gasteiger partial charge is 0.243 e. The zero-order valence-electron chi connectivity index (χ0n) is 11.5. The summed E-state index contributed by atoms with van der Waals surface area (Å²) in [5.41, 5.74) is -0.233. The predicted octanol–water partition coefficient (Wildman–Crippen LogP) is 1.55. The van der Waals surface area contributed by atoms with Crippen LogP contribution in [0, 0.1) is 5.41 Å². The van der Waals surface area contributed by atoms with Crippen molar-refractivity contribution in [1.29, 1.82) is 0 Å². The van der Waals surface area contributed by atoms with Crippen molar-refractivity contribution in [3.05, 3.63) is 0 Å². The fourth-order valence-corrected chi connectivity index (χ4v) is 2.53. The molecule has 0 bridgehead atoms. The average molecular weight is 240 g/mol. The van der Waals surface area contributed by atoms with Crippen molar-refractivity contribution < 1.29 is 9.59 Å². The molecular formula is C13H24N2O2. The minimum Gasteiger partial charge on any atom is -0.345 e. The normalized spacial score (nSPS) is 22.0. The molecule has 1 atom stereocenters. The standard InChI is InChI=1S/C13H24N2O2/c1-6-9(7-2)15-10(16)8-14-12(17)11(15)13(3,4)5/h9,11H,6-8H2,1-5H3,(H,14,17). The third-order valence-corrected chi connectivity index (χ3v) is 3.38. The highest BCUT2D eigenvalue weighted by Gasteiger charge is 2.44. The number of rotatable bonds is 3. The van der Waals surface area contributed by atoms with Gasteiger partial charge in [0.1, 0.15) is 6.04 Å². The summed E-state index contributed by atoms with van der Waals surface area (Å²) in [6.07, 6.45) is 1.78. The lowest BCUT2D eigenvalue weighted by molar-refractivity contribution is -0.153. The Labute approximate surface area is 104 Å². The van der Waals surface area contributed by atoms with Crippen LogP contribution in [0.5, 0.6) is 0 Å². The van der Waals surface area contributed by atoms with E-state index in [1.165, 1.54) is 0 Å². The molecule has 1 aliphatic rings. The lowest BCUT2D eigenvalue weighted by atomic mass is 9.82. The summed E-state index contributed by atoms with van der Waals surface area (Å²) >= 11 is 0. The van der Waals surface area contributed by atoms with Crippen LogP contribution in [0.3, 0.4) is 0 Å². The van der Waals surface area contributed by atoms with Gasteiger partial charge in [-0.3, -0.25) is 9.59 Å². The Balaban J connectivity index is 3.08. The number of hydrogen-bond donors (Lipinski definition) is 1. The van der Waals surface area contributed by atoms with Gasteiger partial charge in [0.25, 0.3) is 0 Å². The van der Waals surface area contributed by atoms with E-state index in [9.17, 15) is 9.59 Å². The Hall–Kier alpha value is -1.06. The first-order valence-electron chi connectivity index (χ1n) is 6.41. The van der Waals surface area contributed by atoms with Crippen molar-refractivity contribution in [2.75, 3.05) is 6.54 Å². The molecule has 0 spiro atoms. The molecule has 0 aliphatic carbocycles. The molecule has 4 nitrogen and oxygen atoms in total. The molecule has 0 aromatic heterocycles. The highest BCUT2D eigenvalue weighted by atomic mass is 16.2. The number of piperazine rings is 1. The molecule has 1 saturated heterocycles. The van der Waals surface area contributed by atoms with Crippen LogP contribution < -0.4 is 5.32 Å². The highest BCUT2D eigenvalue weighted by molar-refractivity contribution is 5.95. The summed E-state index contributed by atoms with van der Waals surface area (Å²) < 4.78 is 0. The summed E-state index contributed by atoms with van der Waals surface area (Å²) in [6, 6.07) is -0.188. The van der Waals surface area contributed by atoms with Crippen molar-refractivity contribution in [2.24, 2.45) is 5.41 Å². The SMILES string of the molecule is CCC(CC)N1C(=O)CNC(=O)C1C(C)(C)C. The molecule has 0 aromatic carbocycles. The van der Waals surface area contributed by atoms with Crippen LogP contribution in [0.2, 0.25) is 0 Å². The third kappa shape index (κ3) is 2.79. The first-order valence-corrected chi connectivity index (χ1v) is 6.41. The summed E-state index contributed by atoms with van der Waals surface area (Å²) in [6.45, 7) is 10.3. The molecule has 2 amide bonds. The third-order valence-electron chi connectivity index (χ3n) is 3.38. The molecule has 98 valence electrons. The van der Waals surface area contributed by atoms with Crippen molar-refractivity contribution >= 4 is 11.8 Å². The topological polar surface area (TPSA) is 49.4 Å². The maximum Gasteiger partial charge on any atom is 0.243 e. The van der Waals surface area contributed by atoms with Crippen molar-refractivity contribution in [1.82, 2.24) is 10.2 Å². The number of carbonyl (C=O) groups excluding carboxylic acids is 2. The molecule has 17 heavy (non-hydrogen) atoms. The fourth-order valence-electron chi connectivity index (χ4n) is 2.53. The van der Waals surface area contributed by atoms with Gasteiger partial charge in [0.2, 0.25) is 11.8 Å². The van der Waals surface area contributed by atoms with Gasteiger partial charge in [-0.2, -0.15) is 0 Å². The van der Waals surface area contributed by atoms with E-state index < -0.39 is 0 Å². The first kappa shape index (κ1) is 14.0. The van der Waals surface area contributed by atoms with Gasteiger partial charge in [-0.1, -0.05) is 34.6 Å². The van der Waals surface area contributed by atoms with Gasteiger partial charge in [-0.15, -0.1) is 0 Å². The Morgan fingerprint density at radius 3 is 2.24 bits per heavy atom. The Bertz CT molecular complexity index is 303. The number of amides is 2. The summed E-state index contributed by atoms with van der Waals surface area (Å²) in [5.74, 6) is 0.0159. The minimum absolute atomic E-state index is 0.0241. The molecule has 1 heterocycles. The van der Waals surface area contributed by atoms with E-state index in [0.29, 0.717) is 0 Å². The van der Waals surface area contributed by atoms with Gasteiger partial charge in [-0.05, 0) is 18.3 Å². The van der Waals surface area contributed by atoms with Crippen LogP contribution in [0.15, 0.2) is 0 Å². The average Bonchev–Trinajstić information content (AvgIpc) is 2.23. The van der Waals surface area contributed by atoms with E-state index in [-0.39, 0.29) is 35.9 Å². The quantitative estimate of drug-likeness (QED) is 0.813. The number of carbonyl (C=O) groups is 2. The highest BCUT2D eigenvalue weighted by Crippen LogP contribution is 2.29. The van der Waals surface area contributed by atoms with Crippen molar-refractivity contribution in [3.63, 3.8) is 0 Å². The van der Waals surface area contributed by atoms with E-state index in [1.54, 1.807) is 4.90 Å². The van der Waals surface area contributed by atoms with Crippen molar-refractivity contribution in [2.45, 2.75) is 59.5 Å². The second-order valence-electron chi connectivity index (χ2n) is 5.76. The van der Waals surface area contributed by atoms with E-state index in [4.69, 9.17) is 0 Å². The summed E-state index contributed by atoms with van der Waals surface area (Å²) in [5, 5.41) is 2.69. The van der Waals surface area contributed by atoms with Gasteiger partial charge in [0, 0.05) is 6.04 Å². The summed E-state index contributed by atoms with van der Waals surface area (Å²) in [7, 11) is 0. The Morgan fingerprint density at radius 1 is 1.29 bits per heavy atom. The second kappa shape index (κ2) is 5.07. The van der Waals surface area contributed by atoms with Crippen LogP contribution >= 0.6 is 0 Å². The molecular weight excluding hydrogens is 216 g/mol. The molecule has 4 heteroatoms. The van der Waals surface area contributed by atoms with Crippen LogP contribution in [0.1, 0.15) is 47.5 Å².